The lowest BCUT2D eigenvalue weighted by atomic mass is 9.87. The number of hydrogen-bond donors (Lipinski definition) is 2. The molecule has 0 bridgehead atoms. The molecule has 2 N–H and O–H groups in total. The average molecular weight is 315 g/mol. The Bertz CT molecular complexity index is 687. The van der Waals surface area contributed by atoms with Crippen LogP contribution in [0.4, 0.5) is 10.1 Å². The number of rotatable bonds is 4. The monoisotopic (exact) mass is 315 g/mol. The van der Waals surface area contributed by atoms with E-state index in [4.69, 9.17) is 0 Å². The fraction of sp³-hybridized carbons (Fsp3) is 0.368. The van der Waals surface area contributed by atoms with Gasteiger partial charge in [0.25, 0.3) is 0 Å². The lowest BCUT2D eigenvalue weighted by Gasteiger charge is -2.34. The van der Waals surface area contributed by atoms with Crippen molar-refractivity contribution in [2.45, 2.75) is 31.4 Å². The molecule has 23 heavy (non-hydrogen) atoms. The second-order valence-electron chi connectivity index (χ2n) is 6.75. The number of aliphatic hydroxyl groups excluding tert-OH is 2. The minimum atomic E-state index is -0.987. The van der Waals surface area contributed by atoms with Gasteiger partial charge in [-0.25, -0.2) is 4.39 Å². The highest BCUT2D eigenvalue weighted by Gasteiger charge is 2.42. The molecule has 0 spiro atoms. The summed E-state index contributed by atoms with van der Waals surface area (Å²) >= 11 is 0. The molecule has 3 nitrogen and oxygen atoms in total. The van der Waals surface area contributed by atoms with E-state index < -0.39 is 12.1 Å². The van der Waals surface area contributed by atoms with Crippen LogP contribution >= 0.6 is 0 Å². The quantitative estimate of drug-likeness (QED) is 0.911. The van der Waals surface area contributed by atoms with Crippen molar-refractivity contribution in [3.63, 3.8) is 0 Å². The third-order valence-corrected chi connectivity index (χ3v) is 4.60. The minimum Gasteiger partial charge on any atom is -0.394 e. The van der Waals surface area contributed by atoms with Crippen LogP contribution in [0.15, 0.2) is 48.5 Å². The van der Waals surface area contributed by atoms with Crippen molar-refractivity contribution in [3.05, 3.63) is 65.5 Å². The maximum absolute atomic E-state index is 14.5. The van der Waals surface area contributed by atoms with Crippen LogP contribution in [0.3, 0.4) is 0 Å². The van der Waals surface area contributed by atoms with E-state index in [-0.39, 0.29) is 17.8 Å². The summed E-state index contributed by atoms with van der Waals surface area (Å²) in [4.78, 5) is 1.89. The third-order valence-electron chi connectivity index (χ3n) is 4.60. The number of aliphatic hydroxyl groups is 2. The summed E-state index contributed by atoms with van der Waals surface area (Å²) in [5, 5.41) is 19.9. The van der Waals surface area contributed by atoms with Crippen molar-refractivity contribution in [2.24, 2.45) is 0 Å². The maximum Gasteiger partial charge on any atom is 0.146 e. The second-order valence-corrected chi connectivity index (χ2v) is 6.75. The number of benzene rings is 2. The lowest BCUT2D eigenvalue weighted by Crippen LogP contribution is -2.40. The summed E-state index contributed by atoms with van der Waals surface area (Å²) < 4.78 is 14.5. The lowest BCUT2D eigenvalue weighted by molar-refractivity contribution is 0.0709. The van der Waals surface area contributed by atoms with Gasteiger partial charge in [0.1, 0.15) is 11.9 Å². The molecule has 122 valence electrons. The van der Waals surface area contributed by atoms with E-state index in [1.165, 1.54) is 6.07 Å². The highest BCUT2D eigenvalue weighted by molar-refractivity contribution is 5.64. The predicted molar refractivity (Wildman–Crippen MR) is 89.0 cm³/mol. The van der Waals surface area contributed by atoms with Crippen LogP contribution in [0, 0.1) is 5.82 Å². The molecule has 2 aromatic carbocycles. The smallest absolute Gasteiger partial charge is 0.146 e. The van der Waals surface area contributed by atoms with Crippen molar-refractivity contribution in [2.75, 3.05) is 18.1 Å². The van der Waals surface area contributed by atoms with E-state index in [2.05, 4.69) is 13.8 Å². The van der Waals surface area contributed by atoms with Crippen LogP contribution in [0.2, 0.25) is 0 Å². The Balaban J connectivity index is 2.13. The Morgan fingerprint density at radius 2 is 1.83 bits per heavy atom. The molecule has 0 aromatic heterocycles. The molecular weight excluding hydrogens is 293 g/mol. The Kier molecular flexibility index (Phi) is 4.13. The van der Waals surface area contributed by atoms with E-state index >= 15 is 0 Å². The van der Waals surface area contributed by atoms with Crippen LogP contribution in [0.5, 0.6) is 0 Å². The van der Waals surface area contributed by atoms with Gasteiger partial charge in [-0.05, 0) is 17.2 Å². The second kappa shape index (κ2) is 5.95. The van der Waals surface area contributed by atoms with Crippen molar-refractivity contribution >= 4 is 5.69 Å². The molecule has 0 saturated carbocycles. The molecule has 0 fully saturated rings. The number of halogens is 1. The summed E-state index contributed by atoms with van der Waals surface area (Å²) in [6.45, 7) is 4.34. The van der Waals surface area contributed by atoms with Gasteiger partial charge in [-0.1, -0.05) is 56.3 Å². The highest BCUT2D eigenvalue weighted by Crippen LogP contribution is 2.46. The number of nitrogens with zero attached hydrogens (tertiary/aromatic N) is 1. The molecule has 0 saturated heterocycles. The molecule has 0 radical (unpaired) electrons. The minimum absolute atomic E-state index is 0.223. The van der Waals surface area contributed by atoms with E-state index in [1.807, 2.05) is 41.3 Å². The maximum atomic E-state index is 14.5. The molecule has 2 atom stereocenters. The van der Waals surface area contributed by atoms with Gasteiger partial charge in [-0.3, -0.25) is 0 Å². The van der Waals surface area contributed by atoms with Crippen molar-refractivity contribution in [3.8, 4) is 0 Å². The zero-order valence-electron chi connectivity index (χ0n) is 13.4. The molecule has 1 aliphatic rings. The summed E-state index contributed by atoms with van der Waals surface area (Å²) in [6.07, 6.45) is -0.987. The number of anilines is 1. The van der Waals surface area contributed by atoms with Crippen LogP contribution < -0.4 is 4.90 Å². The summed E-state index contributed by atoms with van der Waals surface area (Å²) in [6, 6.07) is 14.1. The SMILES string of the molecule is CC1(C)CN([C@@H](c2ccccc2)[C@H](O)CO)c2c(F)cccc21. The molecule has 0 unspecified atom stereocenters. The number of hydrogen-bond acceptors (Lipinski definition) is 3. The van der Waals surface area contributed by atoms with Crippen molar-refractivity contribution in [1.82, 2.24) is 0 Å². The molecule has 4 heteroatoms. The number of para-hydroxylation sites is 1. The van der Waals surface area contributed by atoms with Gasteiger partial charge in [0.15, 0.2) is 0 Å². The van der Waals surface area contributed by atoms with Crippen LogP contribution in [0.25, 0.3) is 0 Å². The fourth-order valence-corrected chi connectivity index (χ4v) is 3.54. The summed E-state index contributed by atoms with van der Waals surface area (Å²) in [5.41, 5.74) is 2.10. The van der Waals surface area contributed by atoms with Gasteiger partial charge >= 0.3 is 0 Å². The van der Waals surface area contributed by atoms with E-state index in [1.54, 1.807) is 6.07 Å². The fourth-order valence-electron chi connectivity index (χ4n) is 3.54. The first-order chi connectivity index (χ1) is 11.0. The summed E-state index contributed by atoms with van der Waals surface area (Å²) in [7, 11) is 0. The van der Waals surface area contributed by atoms with E-state index in [0.29, 0.717) is 12.2 Å². The molecular formula is C19H22FNO2. The first-order valence-corrected chi connectivity index (χ1v) is 7.85. The highest BCUT2D eigenvalue weighted by atomic mass is 19.1. The van der Waals surface area contributed by atoms with Gasteiger partial charge in [-0.2, -0.15) is 0 Å². The average Bonchev–Trinajstić information content (AvgIpc) is 2.81. The Morgan fingerprint density at radius 3 is 2.48 bits per heavy atom. The standard InChI is InChI=1S/C19H22FNO2/c1-19(2)12-21(18-14(19)9-6-10-15(18)20)17(16(23)11-22)13-7-4-3-5-8-13/h3-10,16-17,22-23H,11-12H2,1-2H3/t16-,17+/m1/s1. The van der Waals surface area contributed by atoms with E-state index in [0.717, 1.165) is 11.1 Å². The van der Waals surface area contributed by atoms with Crippen LogP contribution in [-0.2, 0) is 5.41 Å². The third kappa shape index (κ3) is 2.73. The van der Waals surface area contributed by atoms with Gasteiger partial charge in [0.05, 0.1) is 18.3 Å². The first-order valence-electron chi connectivity index (χ1n) is 7.85. The van der Waals surface area contributed by atoms with Crippen molar-refractivity contribution in [1.29, 1.82) is 0 Å². The Morgan fingerprint density at radius 1 is 1.13 bits per heavy atom. The summed E-state index contributed by atoms with van der Waals surface area (Å²) in [5.74, 6) is -0.292. The zero-order chi connectivity index (χ0) is 16.6. The molecule has 3 rings (SSSR count). The molecule has 1 heterocycles. The number of fused-ring (bicyclic) bond motifs is 1. The topological polar surface area (TPSA) is 43.7 Å². The Labute approximate surface area is 136 Å². The molecule has 2 aromatic rings. The van der Waals surface area contributed by atoms with Gasteiger partial charge < -0.3 is 15.1 Å². The van der Waals surface area contributed by atoms with Gasteiger partial charge in [0.2, 0.25) is 0 Å². The largest absolute Gasteiger partial charge is 0.394 e. The molecule has 0 amide bonds. The van der Waals surface area contributed by atoms with Crippen molar-refractivity contribution < 1.29 is 14.6 Å². The molecule has 0 aliphatic carbocycles. The predicted octanol–water partition coefficient (Wildman–Crippen LogP) is 3.02. The van der Waals surface area contributed by atoms with Gasteiger partial charge in [0, 0.05) is 12.0 Å². The van der Waals surface area contributed by atoms with Gasteiger partial charge in [-0.15, -0.1) is 0 Å². The zero-order valence-corrected chi connectivity index (χ0v) is 13.4. The first kappa shape index (κ1) is 16.0. The molecule has 1 aliphatic heterocycles. The van der Waals surface area contributed by atoms with Crippen LogP contribution in [-0.4, -0.2) is 29.5 Å². The van der Waals surface area contributed by atoms with E-state index in [9.17, 15) is 14.6 Å². The Hall–Kier alpha value is -1.91. The van der Waals surface area contributed by atoms with Crippen LogP contribution in [0.1, 0.15) is 31.0 Å². The normalized spacial score (nSPS) is 18.6.